The third-order valence-electron chi connectivity index (χ3n) is 16.2. The van der Waals surface area contributed by atoms with Crippen molar-refractivity contribution in [3.05, 3.63) is 152 Å². The molecule has 0 unspecified atom stereocenters. The SMILES string of the molecule is [C-]#[N+]CCCc1cc2c(OCCCCCCC)c(c1)Cc1cc(CCCOC(=O)C=C)cc(c1OCCCCCCC)Cc1cc(CCCC#N)cc(c1OCCCCCCC)Cc1cc(CCCOC(=O)C=C)cc(c1OCCCCCCC)C2. The van der Waals surface area contributed by atoms with E-state index in [4.69, 9.17) is 35.0 Å². The van der Waals surface area contributed by atoms with Gasteiger partial charge in [0.05, 0.1) is 45.7 Å². The monoisotopic (exact) mass is 1170 g/mol. The van der Waals surface area contributed by atoms with Crippen LogP contribution in [-0.4, -0.2) is 58.1 Å². The van der Waals surface area contributed by atoms with E-state index in [2.05, 4.69) is 100 Å². The van der Waals surface area contributed by atoms with Crippen LogP contribution in [0.4, 0.5) is 0 Å². The predicted molar refractivity (Wildman–Crippen MR) is 351 cm³/mol. The fourth-order valence-electron chi connectivity index (χ4n) is 11.8. The van der Waals surface area contributed by atoms with Crippen LogP contribution in [0.1, 0.15) is 255 Å². The normalized spacial score (nSPS) is 11.7. The van der Waals surface area contributed by atoms with Gasteiger partial charge in [0.1, 0.15) is 23.0 Å². The number of esters is 2. The van der Waals surface area contributed by atoms with Crippen LogP contribution >= 0.6 is 0 Å². The van der Waals surface area contributed by atoms with Gasteiger partial charge in [-0.25, -0.2) is 16.2 Å². The number of unbranched alkanes of at least 4 members (excludes halogenated alkanes) is 17. The van der Waals surface area contributed by atoms with Crippen LogP contribution in [0.3, 0.4) is 0 Å². The second kappa shape index (κ2) is 42.3. The van der Waals surface area contributed by atoms with Crippen LogP contribution in [0, 0.1) is 17.9 Å². The lowest BCUT2D eigenvalue weighted by Crippen LogP contribution is -2.12. The van der Waals surface area contributed by atoms with Crippen molar-refractivity contribution in [3.8, 4) is 29.1 Å². The van der Waals surface area contributed by atoms with Crippen molar-refractivity contribution in [3.63, 3.8) is 0 Å². The Kier molecular flexibility index (Phi) is 34.6. The fraction of sp³-hybridized carbons (Fsp3) is 0.579. The Hall–Kier alpha value is -6.52. The summed E-state index contributed by atoms with van der Waals surface area (Å²) < 4.78 is 40.1. The minimum absolute atomic E-state index is 0.275. The van der Waals surface area contributed by atoms with Gasteiger partial charge in [0.2, 0.25) is 6.54 Å². The first-order valence-corrected chi connectivity index (χ1v) is 33.6. The number of nitrogens with zero attached hydrogens (tertiary/aromatic N) is 2. The number of benzene rings is 4. The van der Waals surface area contributed by atoms with Crippen molar-refractivity contribution in [2.45, 2.75) is 240 Å². The van der Waals surface area contributed by atoms with Gasteiger partial charge in [0, 0.05) is 50.7 Å². The molecule has 86 heavy (non-hydrogen) atoms. The number of hydrogen-bond donors (Lipinski definition) is 0. The molecule has 0 aliphatic heterocycles. The number of carbonyl (C=O) groups excluding carboxylic acids is 2. The molecule has 0 amide bonds. The molecule has 0 spiro atoms. The van der Waals surface area contributed by atoms with Gasteiger partial charge in [-0.15, -0.1) is 0 Å². The third kappa shape index (κ3) is 25.4. The standard InChI is InChI=1S/C76H106N2O8/c1-8-14-18-22-28-41-83-73-63-47-59(35-26-27-39-77)48-64(73)56-68-52-62(38-34-46-82-72(80)13-6)54-70(76(68)86-44-31-25-21-17-11-4)58-66-50-60(36-32-40-78-7)49-65(74(66)84-42-29-23-19-15-9-2)57-69-53-61(37-33-45-81-71(79)12-5)51-67(55-63)75(69)85-43-30-24-20-16-10-3/h12-13,47-54H,5-6,8-11,14-38,40-46,55-58H2,1-4H3. The summed E-state index contributed by atoms with van der Waals surface area (Å²) in [6.07, 6.45) is 32.9. The molecule has 0 saturated heterocycles. The smallest absolute Gasteiger partial charge is 0.330 e. The maximum absolute atomic E-state index is 12.3. The lowest BCUT2D eigenvalue weighted by molar-refractivity contribution is -0.138. The molecule has 1 aliphatic carbocycles. The van der Waals surface area contributed by atoms with Gasteiger partial charge in [0.15, 0.2) is 0 Å². The Balaban J connectivity index is 1.90. The topological polar surface area (TPSA) is 118 Å². The summed E-state index contributed by atoms with van der Waals surface area (Å²) in [5, 5.41) is 9.83. The van der Waals surface area contributed by atoms with Crippen LogP contribution in [0.2, 0.25) is 0 Å². The number of ether oxygens (including phenoxy) is 6. The molecule has 4 aromatic carbocycles. The highest BCUT2D eigenvalue weighted by Crippen LogP contribution is 2.42. The highest BCUT2D eigenvalue weighted by Gasteiger charge is 2.25. The summed E-state index contributed by atoms with van der Waals surface area (Å²) in [6.45, 7) is 27.3. The molecule has 0 aromatic heterocycles. The predicted octanol–water partition coefficient (Wildman–Crippen LogP) is 18.8. The first-order chi connectivity index (χ1) is 42.2. The zero-order chi connectivity index (χ0) is 61.4. The number of rotatable bonds is 44. The van der Waals surface area contributed by atoms with Gasteiger partial charge < -0.3 is 33.3 Å². The van der Waals surface area contributed by atoms with Crippen LogP contribution < -0.4 is 18.9 Å². The zero-order valence-electron chi connectivity index (χ0n) is 53.6. The number of aryl methyl sites for hydroxylation is 4. The molecule has 0 saturated carbocycles. The van der Waals surface area contributed by atoms with Crippen molar-refractivity contribution in [1.82, 2.24) is 0 Å². The highest BCUT2D eigenvalue weighted by molar-refractivity contribution is 5.81. The summed E-state index contributed by atoms with van der Waals surface area (Å²) >= 11 is 0. The van der Waals surface area contributed by atoms with Crippen LogP contribution in [0.25, 0.3) is 4.85 Å². The van der Waals surface area contributed by atoms with Crippen molar-refractivity contribution < 1.29 is 38.0 Å². The molecular formula is C76H106N2O8. The average molecular weight is 1180 g/mol. The third-order valence-corrected chi connectivity index (χ3v) is 16.2. The van der Waals surface area contributed by atoms with E-state index in [1.54, 1.807) is 0 Å². The van der Waals surface area contributed by atoms with E-state index in [0.717, 1.165) is 187 Å². The van der Waals surface area contributed by atoms with Gasteiger partial charge in [-0.3, -0.25) is 0 Å². The molecule has 468 valence electrons. The summed E-state index contributed by atoms with van der Waals surface area (Å²) in [4.78, 5) is 28.4. The molecule has 1 aliphatic rings. The van der Waals surface area contributed by atoms with Crippen molar-refractivity contribution in [2.75, 3.05) is 46.2 Å². The second-order valence-corrected chi connectivity index (χ2v) is 23.7. The fourth-order valence-corrected chi connectivity index (χ4v) is 11.8. The van der Waals surface area contributed by atoms with Gasteiger partial charge in [-0.1, -0.05) is 192 Å². The van der Waals surface area contributed by atoms with Gasteiger partial charge in [-0.2, -0.15) is 5.26 Å². The van der Waals surface area contributed by atoms with Crippen molar-refractivity contribution in [1.29, 1.82) is 5.26 Å². The van der Waals surface area contributed by atoms with E-state index < -0.39 is 11.9 Å². The van der Waals surface area contributed by atoms with Crippen molar-refractivity contribution in [2.24, 2.45) is 0 Å². The molecule has 10 nitrogen and oxygen atoms in total. The molecule has 0 N–H and O–H groups in total. The van der Waals surface area contributed by atoms with Crippen LogP contribution in [0.15, 0.2) is 73.8 Å². The Morgan fingerprint density at radius 3 is 0.942 bits per heavy atom. The first kappa shape index (κ1) is 70.2. The lowest BCUT2D eigenvalue weighted by atomic mass is 9.87. The van der Waals surface area contributed by atoms with Crippen molar-refractivity contribution >= 4 is 11.9 Å². The van der Waals surface area contributed by atoms with Crippen LogP contribution in [0.5, 0.6) is 23.0 Å². The number of hydrogen-bond acceptors (Lipinski definition) is 9. The molecule has 5 rings (SSSR count). The van der Waals surface area contributed by atoms with E-state index in [1.165, 1.54) is 69.1 Å². The van der Waals surface area contributed by atoms with Gasteiger partial charge in [0.25, 0.3) is 0 Å². The number of fused-ring (bicyclic) bond motifs is 8. The molecule has 0 fully saturated rings. The van der Waals surface area contributed by atoms with E-state index >= 15 is 0 Å². The van der Waals surface area contributed by atoms with E-state index in [0.29, 0.717) is 90.8 Å². The molecular weight excluding hydrogens is 1070 g/mol. The van der Waals surface area contributed by atoms with Gasteiger partial charge in [-0.05, 0) is 137 Å². The zero-order valence-corrected chi connectivity index (χ0v) is 53.6. The minimum Gasteiger partial charge on any atom is -0.493 e. The van der Waals surface area contributed by atoms with E-state index in [1.807, 2.05) is 0 Å². The lowest BCUT2D eigenvalue weighted by Gasteiger charge is -2.25. The molecule has 0 heterocycles. The van der Waals surface area contributed by atoms with E-state index in [9.17, 15) is 14.9 Å². The summed E-state index contributed by atoms with van der Waals surface area (Å²) in [6, 6.07) is 21.0. The average Bonchev–Trinajstić information content (AvgIpc) is 1.40. The molecule has 4 aromatic rings. The Bertz CT molecular complexity index is 2480. The molecule has 0 radical (unpaired) electrons. The Morgan fingerprint density at radius 2 is 0.686 bits per heavy atom. The Morgan fingerprint density at radius 1 is 0.419 bits per heavy atom. The maximum Gasteiger partial charge on any atom is 0.330 e. The largest absolute Gasteiger partial charge is 0.493 e. The minimum atomic E-state index is -0.425. The van der Waals surface area contributed by atoms with Crippen LogP contribution in [-0.2, 0) is 70.4 Å². The first-order valence-electron chi connectivity index (χ1n) is 33.6. The molecule has 8 bridgehead atoms. The Labute approximate surface area is 519 Å². The maximum atomic E-state index is 12.3. The summed E-state index contributed by atoms with van der Waals surface area (Å²) in [5.74, 6) is 2.72. The number of carbonyl (C=O) groups is 2. The second-order valence-electron chi connectivity index (χ2n) is 23.7. The molecule has 0 atom stereocenters. The molecule has 10 heteroatoms. The summed E-state index contributed by atoms with van der Waals surface area (Å²) in [5.41, 5.74) is 13.3. The summed E-state index contributed by atoms with van der Waals surface area (Å²) in [7, 11) is 0. The van der Waals surface area contributed by atoms with E-state index in [-0.39, 0.29) is 13.2 Å². The van der Waals surface area contributed by atoms with Gasteiger partial charge >= 0.3 is 11.9 Å². The highest BCUT2D eigenvalue weighted by atomic mass is 16.5. The number of nitriles is 1. The quantitative estimate of drug-likeness (QED) is 0.0163.